The predicted molar refractivity (Wildman–Crippen MR) is 94.7 cm³/mol. The van der Waals surface area contributed by atoms with Gasteiger partial charge in [-0.15, -0.1) is 0 Å². The highest BCUT2D eigenvalue weighted by molar-refractivity contribution is 7.22. The molecule has 8 nitrogen and oxygen atoms in total. The first-order chi connectivity index (χ1) is 12.1. The van der Waals surface area contributed by atoms with E-state index in [2.05, 4.69) is 30.2 Å². The number of nitrogen functional groups attached to an aromatic ring is 1. The third-order valence-electron chi connectivity index (χ3n) is 3.81. The van der Waals surface area contributed by atoms with Gasteiger partial charge in [0.15, 0.2) is 16.8 Å². The lowest BCUT2D eigenvalue weighted by atomic mass is 10.3. The van der Waals surface area contributed by atoms with Crippen molar-refractivity contribution in [3.63, 3.8) is 0 Å². The number of fused-ring (bicyclic) bond motifs is 1. The lowest BCUT2D eigenvalue weighted by Crippen LogP contribution is -2.41. The number of aromatic nitrogens is 4. The Morgan fingerprint density at radius 3 is 3.08 bits per heavy atom. The average Bonchev–Trinajstić information content (AvgIpc) is 3.04. The number of pyridine rings is 1. The van der Waals surface area contributed by atoms with Crippen LogP contribution in [-0.2, 0) is 4.74 Å². The second-order valence-corrected chi connectivity index (χ2v) is 6.69. The maximum Gasteiger partial charge on any atom is 0.186 e. The van der Waals surface area contributed by atoms with E-state index in [4.69, 9.17) is 10.5 Å². The van der Waals surface area contributed by atoms with Crippen molar-refractivity contribution >= 4 is 44.1 Å². The Bertz CT molecular complexity index is 918. The second kappa shape index (κ2) is 6.37. The van der Waals surface area contributed by atoms with Crippen LogP contribution < -0.4 is 16.0 Å². The van der Waals surface area contributed by atoms with E-state index in [1.165, 1.54) is 17.7 Å². The van der Waals surface area contributed by atoms with Crippen LogP contribution in [0, 0.1) is 5.82 Å². The average molecular weight is 361 g/mol. The van der Waals surface area contributed by atoms with Crippen LogP contribution >= 0.6 is 11.3 Å². The van der Waals surface area contributed by atoms with Crippen LogP contribution in [0.5, 0.6) is 0 Å². The summed E-state index contributed by atoms with van der Waals surface area (Å²) in [5, 5.41) is 3.81. The largest absolute Gasteiger partial charge is 0.384 e. The molecule has 1 unspecified atom stereocenters. The van der Waals surface area contributed by atoms with Gasteiger partial charge in [0.25, 0.3) is 0 Å². The van der Waals surface area contributed by atoms with Gasteiger partial charge in [0.05, 0.1) is 18.9 Å². The number of hydrogen-bond donors (Lipinski definition) is 2. The molecule has 0 aliphatic carbocycles. The maximum atomic E-state index is 14.2. The second-order valence-electron chi connectivity index (χ2n) is 5.71. The van der Waals surface area contributed by atoms with Gasteiger partial charge in [-0.25, -0.2) is 24.3 Å². The molecule has 0 amide bonds. The highest BCUT2D eigenvalue weighted by Gasteiger charge is 2.22. The van der Waals surface area contributed by atoms with Gasteiger partial charge in [-0.3, -0.25) is 0 Å². The number of halogens is 1. The van der Waals surface area contributed by atoms with Crippen LogP contribution in [0.4, 0.5) is 27.0 Å². The van der Waals surface area contributed by atoms with Crippen LogP contribution in [0.25, 0.3) is 10.2 Å². The topological polar surface area (TPSA) is 102 Å². The van der Waals surface area contributed by atoms with Crippen molar-refractivity contribution in [2.45, 2.75) is 13.0 Å². The van der Waals surface area contributed by atoms with Gasteiger partial charge in [-0.2, -0.15) is 0 Å². The van der Waals surface area contributed by atoms with Crippen molar-refractivity contribution in [3.05, 3.63) is 24.4 Å². The standard InChI is InChI=1S/C15H16FN7OS/c1-8-6-23(2-3-24-8)15-22-12-9(16)5-18-14(13(12)25-15)21-11-4-10(17)19-7-20-11/h4-5,7-8H,2-3,6H2,1H3,(H3,17,18,19,20,21). The Morgan fingerprint density at radius 1 is 1.40 bits per heavy atom. The molecule has 1 aliphatic rings. The fourth-order valence-corrected chi connectivity index (χ4v) is 3.71. The number of hydrogen-bond acceptors (Lipinski definition) is 9. The van der Waals surface area contributed by atoms with Crippen LogP contribution in [0.3, 0.4) is 0 Å². The van der Waals surface area contributed by atoms with E-state index < -0.39 is 5.82 Å². The molecular formula is C15H16FN7OS. The molecule has 130 valence electrons. The molecule has 0 spiro atoms. The van der Waals surface area contributed by atoms with E-state index in [0.29, 0.717) is 34.3 Å². The molecule has 25 heavy (non-hydrogen) atoms. The molecule has 3 N–H and O–H groups in total. The smallest absolute Gasteiger partial charge is 0.186 e. The van der Waals surface area contributed by atoms with E-state index in [-0.39, 0.29) is 6.10 Å². The van der Waals surface area contributed by atoms with Gasteiger partial charge in [-0.1, -0.05) is 11.3 Å². The number of nitrogens with zero attached hydrogens (tertiary/aromatic N) is 5. The Kier molecular flexibility index (Phi) is 4.06. The van der Waals surface area contributed by atoms with E-state index in [9.17, 15) is 4.39 Å². The van der Waals surface area contributed by atoms with Gasteiger partial charge >= 0.3 is 0 Å². The molecule has 4 rings (SSSR count). The van der Waals surface area contributed by atoms with Crippen molar-refractivity contribution in [1.82, 2.24) is 19.9 Å². The fourth-order valence-electron chi connectivity index (χ4n) is 2.65. The number of thiazole rings is 1. The minimum absolute atomic E-state index is 0.116. The fraction of sp³-hybridized carbons (Fsp3) is 0.333. The summed E-state index contributed by atoms with van der Waals surface area (Å²) in [6.45, 7) is 4.09. The number of nitrogens with two attached hydrogens (primary N) is 1. The van der Waals surface area contributed by atoms with Gasteiger partial charge < -0.3 is 20.7 Å². The third-order valence-corrected chi connectivity index (χ3v) is 4.93. The number of morpholine rings is 1. The van der Waals surface area contributed by atoms with Crippen molar-refractivity contribution in [1.29, 1.82) is 0 Å². The van der Waals surface area contributed by atoms with Crippen LogP contribution in [0.1, 0.15) is 6.92 Å². The van der Waals surface area contributed by atoms with Crippen molar-refractivity contribution in [2.75, 3.05) is 35.6 Å². The molecule has 0 aromatic carbocycles. The van der Waals surface area contributed by atoms with Crippen LogP contribution in [-0.4, -0.2) is 45.7 Å². The number of nitrogens with one attached hydrogen (secondary N) is 1. The SMILES string of the molecule is CC1CN(c2nc3c(F)cnc(Nc4cc(N)ncn4)c3s2)CCO1. The zero-order valence-electron chi connectivity index (χ0n) is 13.4. The monoisotopic (exact) mass is 361 g/mol. The zero-order chi connectivity index (χ0) is 17.4. The van der Waals surface area contributed by atoms with Crippen LogP contribution in [0.2, 0.25) is 0 Å². The summed E-state index contributed by atoms with van der Waals surface area (Å²) < 4.78 is 20.4. The van der Waals surface area contributed by atoms with Crippen molar-refractivity contribution < 1.29 is 9.13 Å². The maximum absolute atomic E-state index is 14.2. The molecule has 1 atom stereocenters. The molecular weight excluding hydrogens is 345 g/mol. The third kappa shape index (κ3) is 3.17. The summed E-state index contributed by atoms with van der Waals surface area (Å²) in [7, 11) is 0. The Labute approximate surface area is 146 Å². The van der Waals surface area contributed by atoms with E-state index in [0.717, 1.165) is 24.4 Å². The van der Waals surface area contributed by atoms with Crippen molar-refractivity contribution in [3.8, 4) is 0 Å². The van der Waals surface area contributed by atoms with Gasteiger partial charge in [0, 0.05) is 19.2 Å². The molecule has 0 bridgehead atoms. The molecule has 0 radical (unpaired) electrons. The van der Waals surface area contributed by atoms with E-state index >= 15 is 0 Å². The number of anilines is 4. The van der Waals surface area contributed by atoms with E-state index in [1.807, 2.05) is 6.92 Å². The summed E-state index contributed by atoms with van der Waals surface area (Å²) in [6, 6.07) is 1.59. The molecule has 1 fully saturated rings. The summed E-state index contributed by atoms with van der Waals surface area (Å²) in [5.41, 5.74) is 5.95. The first kappa shape index (κ1) is 15.9. The Hall–Kier alpha value is -2.59. The summed E-state index contributed by atoms with van der Waals surface area (Å²) in [4.78, 5) is 18.7. The minimum atomic E-state index is -0.452. The number of ether oxygens (including phenoxy) is 1. The Morgan fingerprint density at radius 2 is 2.28 bits per heavy atom. The highest BCUT2D eigenvalue weighted by atomic mass is 32.1. The van der Waals surface area contributed by atoms with Gasteiger partial charge in [0.2, 0.25) is 0 Å². The summed E-state index contributed by atoms with van der Waals surface area (Å²) in [6.07, 6.45) is 2.62. The lowest BCUT2D eigenvalue weighted by molar-refractivity contribution is 0.0532. The zero-order valence-corrected chi connectivity index (χ0v) is 14.3. The molecule has 1 aliphatic heterocycles. The Balaban J connectivity index is 1.71. The summed E-state index contributed by atoms with van der Waals surface area (Å²) in [5.74, 6) is 0.858. The summed E-state index contributed by atoms with van der Waals surface area (Å²) >= 11 is 1.39. The van der Waals surface area contributed by atoms with Gasteiger partial charge in [0.1, 0.15) is 28.2 Å². The van der Waals surface area contributed by atoms with Crippen molar-refractivity contribution in [2.24, 2.45) is 0 Å². The molecule has 3 aromatic rings. The van der Waals surface area contributed by atoms with Crippen LogP contribution in [0.15, 0.2) is 18.6 Å². The minimum Gasteiger partial charge on any atom is -0.384 e. The molecule has 10 heteroatoms. The number of rotatable bonds is 3. The highest BCUT2D eigenvalue weighted by Crippen LogP contribution is 2.35. The lowest BCUT2D eigenvalue weighted by Gasteiger charge is -2.30. The molecule has 0 saturated carbocycles. The quantitative estimate of drug-likeness (QED) is 0.732. The molecule has 1 saturated heterocycles. The van der Waals surface area contributed by atoms with Gasteiger partial charge in [-0.05, 0) is 6.92 Å². The molecule has 4 heterocycles. The normalized spacial score (nSPS) is 17.8. The first-order valence-corrected chi connectivity index (χ1v) is 8.58. The van der Waals surface area contributed by atoms with E-state index in [1.54, 1.807) is 6.07 Å². The predicted octanol–water partition coefficient (Wildman–Crippen LogP) is 2.17. The molecule has 3 aromatic heterocycles. The first-order valence-electron chi connectivity index (χ1n) is 7.76.